The lowest BCUT2D eigenvalue weighted by Gasteiger charge is -2.04. The van der Waals surface area contributed by atoms with Gasteiger partial charge < -0.3 is 5.73 Å². The maximum Gasteiger partial charge on any atom is 0.0130 e. The van der Waals surface area contributed by atoms with E-state index in [0.29, 0.717) is 6.04 Å². The summed E-state index contributed by atoms with van der Waals surface area (Å²) in [6, 6.07) is 0.509. The van der Waals surface area contributed by atoms with E-state index in [-0.39, 0.29) is 0 Å². The summed E-state index contributed by atoms with van der Waals surface area (Å²) in [6.07, 6.45) is 5.45. The number of hydrogen-bond acceptors (Lipinski definition) is 1. The minimum absolute atomic E-state index is 0.509. The second-order valence-electron chi connectivity index (χ2n) is 3.02. The summed E-state index contributed by atoms with van der Waals surface area (Å²) >= 11 is 0. The minimum atomic E-state index is 0.509. The van der Waals surface area contributed by atoms with Gasteiger partial charge in [-0.1, -0.05) is 0 Å². The zero-order valence-corrected chi connectivity index (χ0v) is 5.06. The quantitative estimate of drug-likeness (QED) is 0.496. The van der Waals surface area contributed by atoms with Crippen LogP contribution >= 0.6 is 0 Å². The summed E-state index contributed by atoms with van der Waals surface area (Å²) in [5, 5.41) is 0. The molecular formula is C7H12N. The topological polar surface area (TPSA) is 26.0 Å². The van der Waals surface area contributed by atoms with Gasteiger partial charge in [0.15, 0.2) is 0 Å². The molecule has 1 nitrogen and oxygen atoms in total. The zero-order chi connectivity index (χ0) is 5.56. The van der Waals surface area contributed by atoms with Gasteiger partial charge in [-0.05, 0) is 37.5 Å². The normalized spacial score (nSPS) is 46.1. The summed E-state index contributed by atoms with van der Waals surface area (Å²) in [7, 11) is 0. The lowest BCUT2D eigenvalue weighted by Crippen LogP contribution is -2.23. The van der Waals surface area contributed by atoms with Gasteiger partial charge in [-0.3, -0.25) is 0 Å². The summed E-state index contributed by atoms with van der Waals surface area (Å²) in [5.74, 6) is 2.53. The van der Waals surface area contributed by atoms with Crippen LogP contribution in [0.3, 0.4) is 0 Å². The fourth-order valence-corrected chi connectivity index (χ4v) is 2.04. The predicted octanol–water partition coefficient (Wildman–Crippen LogP) is 1.09. The van der Waals surface area contributed by atoms with Crippen LogP contribution < -0.4 is 5.73 Å². The Kier molecular flexibility index (Phi) is 0.884. The second kappa shape index (κ2) is 1.47. The Bertz CT molecular complexity index is 80.6. The van der Waals surface area contributed by atoms with Crippen molar-refractivity contribution in [2.45, 2.75) is 31.7 Å². The molecule has 0 aromatic carbocycles. The first kappa shape index (κ1) is 4.80. The Labute approximate surface area is 50.3 Å². The Hall–Kier alpha value is -0.0400. The van der Waals surface area contributed by atoms with Crippen molar-refractivity contribution < 1.29 is 0 Å². The van der Waals surface area contributed by atoms with E-state index in [1.807, 2.05) is 0 Å². The number of fused-ring (bicyclic) bond motifs is 2. The van der Waals surface area contributed by atoms with Crippen LogP contribution in [0.25, 0.3) is 0 Å². The van der Waals surface area contributed by atoms with E-state index in [0.717, 1.165) is 5.92 Å². The Balaban J connectivity index is 2.16. The molecular weight excluding hydrogens is 98.1 g/mol. The van der Waals surface area contributed by atoms with Crippen LogP contribution in [0.15, 0.2) is 0 Å². The average Bonchev–Trinajstić information content (AvgIpc) is 2.29. The number of hydrogen-bond donors (Lipinski definition) is 1. The molecule has 2 aliphatic rings. The molecule has 2 rings (SSSR count). The van der Waals surface area contributed by atoms with Gasteiger partial charge in [-0.25, -0.2) is 0 Å². The van der Waals surface area contributed by atoms with Gasteiger partial charge in [0, 0.05) is 6.04 Å². The van der Waals surface area contributed by atoms with Gasteiger partial charge in [0.1, 0.15) is 0 Å². The lowest BCUT2D eigenvalue weighted by molar-refractivity contribution is 0.500. The SMILES string of the molecule is NC1[C]2CCC1CC2. The van der Waals surface area contributed by atoms with E-state index < -0.39 is 0 Å². The highest BCUT2D eigenvalue weighted by Gasteiger charge is 2.39. The minimum Gasteiger partial charge on any atom is -0.327 e. The van der Waals surface area contributed by atoms with Crippen molar-refractivity contribution in [1.29, 1.82) is 0 Å². The molecule has 1 radical (unpaired) electrons. The fourth-order valence-electron chi connectivity index (χ4n) is 2.04. The van der Waals surface area contributed by atoms with Crippen LogP contribution in [-0.2, 0) is 0 Å². The van der Waals surface area contributed by atoms with Crippen LogP contribution in [0.2, 0.25) is 0 Å². The first-order valence-corrected chi connectivity index (χ1v) is 3.48. The van der Waals surface area contributed by atoms with E-state index in [2.05, 4.69) is 0 Å². The fraction of sp³-hybridized carbons (Fsp3) is 0.857. The molecule has 2 saturated carbocycles. The van der Waals surface area contributed by atoms with Crippen molar-refractivity contribution >= 4 is 0 Å². The maximum absolute atomic E-state index is 5.85. The first-order valence-electron chi connectivity index (χ1n) is 3.48. The van der Waals surface area contributed by atoms with E-state index in [1.54, 1.807) is 5.92 Å². The molecule has 0 heterocycles. The summed E-state index contributed by atoms with van der Waals surface area (Å²) in [5.41, 5.74) is 5.85. The summed E-state index contributed by atoms with van der Waals surface area (Å²) < 4.78 is 0. The molecule has 2 fully saturated rings. The summed E-state index contributed by atoms with van der Waals surface area (Å²) in [6.45, 7) is 0. The van der Waals surface area contributed by atoms with Crippen molar-refractivity contribution in [3.8, 4) is 0 Å². The van der Waals surface area contributed by atoms with Crippen molar-refractivity contribution in [1.82, 2.24) is 0 Å². The van der Waals surface area contributed by atoms with Crippen molar-refractivity contribution in [3.63, 3.8) is 0 Å². The van der Waals surface area contributed by atoms with Gasteiger partial charge in [-0.15, -0.1) is 0 Å². The van der Waals surface area contributed by atoms with E-state index in [1.165, 1.54) is 25.7 Å². The molecule has 1 atom stereocenters. The molecule has 2 N–H and O–H groups in total. The van der Waals surface area contributed by atoms with Gasteiger partial charge in [-0.2, -0.15) is 0 Å². The van der Waals surface area contributed by atoms with Crippen LogP contribution in [0, 0.1) is 11.8 Å². The van der Waals surface area contributed by atoms with Crippen LogP contribution in [0.5, 0.6) is 0 Å². The van der Waals surface area contributed by atoms with Gasteiger partial charge in [0.25, 0.3) is 0 Å². The molecule has 0 saturated heterocycles. The third-order valence-electron chi connectivity index (χ3n) is 2.65. The Morgan fingerprint density at radius 2 is 1.88 bits per heavy atom. The first-order chi connectivity index (χ1) is 3.88. The predicted molar refractivity (Wildman–Crippen MR) is 33.2 cm³/mol. The lowest BCUT2D eigenvalue weighted by atomic mass is 10.0. The third kappa shape index (κ3) is 0.455. The van der Waals surface area contributed by atoms with Crippen LogP contribution in [-0.4, -0.2) is 6.04 Å². The maximum atomic E-state index is 5.85. The van der Waals surface area contributed by atoms with Gasteiger partial charge >= 0.3 is 0 Å². The third-order valence-corrected chi connectivity index (χ3v) is 2.65. The smallest absolute Gasteiger partial charge is 0.0130 e. The average molecular weight is 110 g/mol. The summed E-state index contributed by atoms with van der Waals surface area (Å²) in [4.78, 5) is 0. The Morgan fingerprint density at radius 1 is 1.25 bits per heavy atom. The number of nitrogens with two attached hydrogens (primary N) is 1. The van der Waals surface area contributed by atoms with Crippen LogP contribution in [0.1, 0.15) is 25.7 Å². The molecule has 1 heteroatoms. The molecule has 0 spiro atoms. The largest absolute Gasteiger partial charge is 0.327 e. The molecule has 1 unspecified atom stereocenters. The zero-order valence-electron chi connectivity index (χ0n) is 5.06. The van der Waals surface area contributed by atoms with Crippen LogP contribution in [0.4, 0.5) is 0 Å². The monoisotopic (exact) mass is 110 g/mol. The molecule has 45 valence electrons. The molecule has 2 aliphatic carbocycles. The molecule has 0 aromatic heterocycles. The standard InChI is InChI=1S/C7H12N/c8-7-5-1-2-6(7)4-3-5/h5,7H,1-4,8H2. The highest BCUT2D eigenvalue weighted by atomic mass is 14.7. The molecule has 0 aliphatic heterocycles. The van der Waals surface area contributed by atoms with E-state index in [9.17, 15) is 0 Å². The molecule has 0 amide bonds. The molecule has 0 aromatic rings. The Morgan fingerprint density at radius 3 is 2.00 bits per heavy atom. The van der Waals surface area contributed by atoms with Gasteiger partial charge in [0.05, 0.1) is 0 Å². The van der Waals surface area contributed by atoms with Crippen molar-refractivity contribution in [2.24, 2.45) is 11.7 Å². The van der Waals surface area contributed by atoms with E-state index in [4.69, 9.17) is 5.73 Å². The molecule has 2 bridgehead atoms. The van der Waals surface area contributed by atoms with E-state index >= 15 is 0 Å². The highest BCUT2D eigenvalue weighted by Crippen LogP contribution is 2.44. The second-order valence-corrected chi connectivity index (χ2v) is 3.02. The van der Waals surface area contributed by atoms with Crippen molar-refractivity contribution in [2.75, 3.05) is 0 Å². The van der Waals surface area contributed by atoms with Gasteiger partial charge in [0.2, 0.25) is 0 Å². The number of rotatable bonds is 0. The highest BCUT2D eigenvalue weighted by molar-refractivity contribution is 5.14. The van der Waals surface area contributed by atoms with Crippen molar-refractivity contribution in [3.05, 3.63) is 5.92 Å². The molecule has 8 heavy (non-hydrogen) atoms.